The van der Waals surface area contributed by atoms with E-state index in [1.54, 1.807) is 0 Å². The summed E-state index contributed by atoms with van der Waals surface area (Å²) in [5.41, 5.74) is -4.58. The predicted octanol–water partition coefficient (Wildman–Crippen LogP) is 1.12. The van der Waals surface area contributed by atoms with Crippen LogP contribution in [0.3, 0.4) is 0 Å². The number of rotatable bonds is 6. The Morgan fingerprint density at radius 1 is 1.14 bits per heavy atom. The molecule has 1 aromatic carbocycles. The number of esters is 1. The molecule has 0 aromatic heterocycles. The van der Waals surface area contributed by atoms with Gasteiger partial charge < -0.3 is 14.6 Å². The molecule has 1 saturated carbocycles. The van der Waals surface area contributed by atoms with Crippen molar-refractivity contribution in [2.45, 2.75) is 25.9 Å². The fourth-order valence-electron chi connectivity index (χ4n) is 3.04. The molecule has 1 aliphatic rings. The molecule has 1 fully saturated rings. The van der Waals surface area contributed by atoms with E-state index in [0.29, 0.717) is 0 Å². The van der Waals surface area contributed by atoms with Gasteiger partial charge in [0.25, 0.3) is 10.1 Å². The van der Waals surface area contributed by atoms with E-state index in [-0.39, 0.29) is 29.6 Å². The van der Waals surface area contributed by atoms with Crippen LogP contribution in [0.4, 0.5) is 17.6 Å². The molecule has 2 N–H and O–H groups in total. The maximum absolute atomic E-state index is 13.9. The van der Waals surface area contributed by atoms with Crippen LogP contribution in [0, 0.1) is 40.5 Å². The van der Waals surface area contributed by atoms with Gasteiger partial charge in [-0.3, -0.25) is 9.35 Å². The molecule has 0 amide bonds. The van der Waals surface area contributed by atoms with Crippen molar-refractivity contribution in [2.24, 2.45) is 17.3 Å². The van der Waals surface area contributed by atoms with Crippen LogP contribution in [0.1, 0.15) is 19.4 Å². The normalized spacial score (nSPS) is 21.5. The number of methoxy groups -OCH3 is 1. The summed E-state index contributed by atoms with van der Waals surface area (Å²) in [5, 5.41) is 9.61. The molecule has 0 aliphatic heterocycles. The minimum atomic E-state index is -4.86. The van der Waals surface area contributed by atoms with Crippen LogP contribution in [0.2, 0.25) is 0 Å². The summed E-state index contributed by atoms with van der Waals surface area (Å²) in [6, 6.07) is 0. The van der Waals surface area contributed by atoms with Crippen LogP contribution in [-0.2, 0) is 26.3 Å². The van der Waals surface area contributed by atoms with Gasteiger partial charge in [0.2, 0.25) is 11.6 Å². The van der Waals surface area contributed by atoms with Crippen LogP contribution in [0.25, 0.3) is 0 Å². The monoisotopic (exact) mass is 440 g/mol. The van der Waals surface area contributed by atoms with Crippen LogP contribution in [0.15, 0.2) is 0 Å². The zero-order valence-electron chi connectivity index (χ0n) is 14.3. The second-order valence-electron chi connectivity index (χ2n) is 6.61. The molecule has 0 radical (unpaired) electrons. The Bertz CT molecular complexity index is 862. The number of hydrogen-bond donors (Lipinski definition) is 2. The van der Waals surface area contributed by atoms with Gasteiger partial charge in [-0.1, -0.05) is 13.8 Å². The van der Waals surface area contributed by atoms with E-state index in [9.17, 15) is 35.9 Å². The first-order valence-electron chi connectivity index (χ1n) is 7.46. The van der Waals surface area contributed by atoms with Crippen molar-refractivity contribution in [3.63, 3.8) is 0 Å². The molecular weight excluding hydrogens is 423 g/mol. The van der Waals surface area contributed by atoms with Gasteiger partial charge in [0, 0.05) is 5.92 Å². The molecular formula is C15H17F4NaO7S. The molecule has 0 bridgehead atoms. The van der Waals surface area contributed by atoms with E-state index in [4.69, 9.17) is 4.55 Å². The molecule has 3 atom stereocenters. The number of hydrogen-bond acceptors (Lipinski definition) is 6. The van der Waals surface area contributed by atoms with Gasteiger partial charge in [0.15, 0.2) is 22.8 Å². The summed E-state index contributed by atoms with van der Waals surface area (Å²) in [7, 11) is -4.06. The van der Waals surface area contributed by atoms with Crippen LogP contribution >= 0.6 is 0 Å². The Hall–Kier alpha value is -0.920. The first-order chi connectivity index (χ1) is 12.3. The number of halogens is 4. The first-order valence-corrected chi connectivity index (χ1v) is 8.96. The molecule has 0 spiro atoms. The van der Waals surface area contributed by atoms with Gasteiger partial charge in [-0.2, -0.15) is 17.2 Å². The van der Waals surface area contributed by atoms with E-state index in [1.165, 1.54) is 13.8 Å². The van der Waals surface area contributed by atoms with Crippen molar-refractivity contribution in [1.82, 2.24) is 0 Å². The second kappa shape index (κ2) is 8.44. The summed E-state index contributed by atoms with van der Waals surface area (Å²) in [4.78, 5) is 12.1. The zero-order valence-corrected chi connectivity index (χ0v) is 15.1. The summed E-state index contributed by atoms with van der Waals surface area (Å²) >= 11 is 0. The third-order valence-corrected chi connectivity index (χ3v) is 5.56. The summed E-state index contributed by atoms with van der Waals surface area (Å²) < 4.78 is 94.8. The number of aliphatic hydroxyl groups excluding tert-OH is 1. The summed E-state index contributed by atoms with van der Waals surface area (Å²) in [5.74, 6) is -12.2. The van der Waals surface area contributed by atoms with Crippen molar-refractivity contribution in [3.05, 3.63) is 28.8 Å². The second-order valence-corrected chi connectivity index (χ2v) is 8.12. The third-order valence-electron chi connectivity index (χ3n) is 4.65. The Kier molecular flexibility index (Phi) is 7.57. The molecule has 0 saturated heterocycles. The number of ether oxygens (including phenoxy) is 2. The Balaban J connectivity index is 0.00000392. The van der Waals surface area contributed by atoms with E-state index < -0.39 is 80.0 Å². The SMILES string of the molecule is COc1c(F)c(F)c(COC(=O)C2C(C(O)S(=O)(=O)O)C2(C)C)c(F)c1F.[NaH]. The topological polar surface area (TPSA) is 110 Å². The molecule has 1 aliphatic carbocycles. The van der Waals surface area contributed by atoms with Gasteiger partial charge in [0.1, 0.15) is 6.61 Å². The summed E-state index contributed by atoms with van der Waals surface area (Å²) in [6.07, 6.45) is 0. The van der Waals surface area contributed by atoms with Gasteiger partial charge in [-0.05, 0) is 5.41 Å². The zero-order chi connectivity index (χ0) is 20.9. The predicted molar refractivity (Wildman–Crippen MR) is 88.1 cm³/mol. The number of aliphatic hydroxyl groups is 1. The fourth-order valence-corrected chi connectivity index (χ4v) is 3.92. The number of carbonyl (C=O) groups excluding carboxylic acids is 1. The molecule has 28 heavy (non-hydrogen) atoms. The summed E-state index contributed by atoms with van der Waals surface area (Å²) in [6.45, 7) is 1.60. The molecule has 3 unspecified atom stereocenters. The Morgan fingerprint density at radius 3 is 2.00 bits per heavy atom. The Morgan fingerprint density at radius 2 is 1.61 bits per heavy atom. The van der Waals surface area contributed by atoms with E-state index in [0.717, 1.165) is 7.11 Å². The molecule has 154 valence electrons. The van der Waals surface area contributed by atoms with Crippen molar-refractivity contribution in [1.29, 1.82) is 0 Å². The van der Waals surface area contributed by atoms with Gasteiger partial charge >= 0.3 is 35.5 Å². The van der Waals surface area contributed by atoms with E-state index in [2.05, 4.69) is 9.47 Å². The standard InChI is InChI=1S/C15H16F4O7S.Na.H/c1-15(2)6(7(15)14(21)27(22,23)24)13(20)26-4-5-8(16)10(18)12(25-3)11(19)9(5)17;;/h6-7,14,21H,4H2,1-3H3,(H,22,23,24);;. The maximum atomic E-state index is 13.9. The molecule has 13 heteroatoms. The van der Waals surface area contributed by atoms with Crippen molar-refractivity contribution in [2.75, 3.05) is 7.11 Å². The van der Waals surface area contributed by atoms with Crippen molar-refractivity contribution < 1.29 is 49.9 Å². The molecule has 7 nitrogen and oxygen atoms in total. The van der Waals surface area contributed by atoms with Gasteiger partial charge in [0.05, 0.1) is 18.6 Å². The van der Waals surface area contributed by atoms with Crippen LogP contribution in [0.5, 0.6) is 5.75 Å². The molecule has 0 heterocycles. The van der Waals surface area contributed by atoms with E-state index >= 15 is 0 Å². The average Bonchev–Trinajstić information content (AvgIpc) is 3.13. The molecule has 1 aromatic rings. The van der Waals surface area contributed by atoms with E-state index in [1.807, 2.05) is 0 Å². The van der Waals surface area contributed by atoms with Crippen LogP contribution in [-0.4, -0.2) is 66.1 Å². The third kappa shape index (κ3) is 4.31. The van der Waals surface area contributed by atoms with Crippen molar-refractivity contribution in [3.8, 4) is 5.75 Å². The minimum absolute atomic E-state index is 0. The average molecular weight is 440 g/mol. The quantitative estimate of drug-likeness (QED) is 0.224. The number of carbonyl (C=O) groups is 1. The van der Waals surface area contributed by atoms with Gasteiger partial charge in [-0.15, -0.1) is 0 Å². The number of benzene rings is 1. The first kappa shape index (κ1) is 25.1. The fraction of sp³-hybridized carbons (Fsp3) is 0.533. The Labute approximate surface area is 180 Å². The van der Waals surface area contributed by atoms with Gasteiger partial charge in [-0.25, -0.2) is 8.78 Å². The van der Waals surface area contributed by atoms with Crippen molar-refractivity contribution >= 4 is 45.6 Å². The molecule has 2 rings (SSSR count). The van der Waals surface area contributed by atoms with Crippen LogP contribution < -0.4 is 4.74 Å².